The lowest BCUT2D eigenvalue weighted by Crippen LogP contribution is -2.14. The molecule has 4 rings (SSSR count). The molecule has 1 unspecified atom stereocenters. The third-order valence-corrected chi connectivity index (χ3v) is 6.86. The van der Waals surface area contributed by atoms with Gasteiger partial charge in [-0.15, -0.1) is 10.2 Å². The van der Waals surface area contributed by atoms with Gasteiger partial charge in [0.05, 0.1) is 5.75 Å². The Morgan fingerprint density at radius 1 is 0.829 bits per heavy atom. The molecule has 4 aromatic rings. The van der Waals surface area contributed by atoms with E-state index in [-0.39, 0.29) is 11.7 Å². The number of thioether (sulfide) groups is 1. The number of benzene rings is 3. The molecule has 0 bridgehead atoms. The Morgan fingerprint density at radius 3 is 1.97 bits per heavy atom. The van der Waals surface area contributed by atoms with Crippen molar-refractivity contribution in [3.63, 3.8) is 0 Å². The van der Waals surface area contributed by atoms with E-state index in [1.165, 1.54) is 28.5 Å². The maximum absolute atomic E-state index is 12.6. The first-order valence-corrected chi connectivity index (χ1v) is 12.8. The van der Waals surface area contributed by atoms with E-state index < -0.39 is 0 Å². The monoisotopic (exact) mass is 482 g/mol. The van der Waals surface area contributed by atoms with Crippen LogP contribution in [0.5, 0.6) is 0 Å². The van der Waals surface area contributed by atoms with Crippen LogP contribution >= 0.6 is 11.8 Å². The van der Waals surface area contributed by atoms with Gasteiger partial charge in [-0.25, -0.2) is 4.98 Å². The fraction of sp³-hybridized carbons (Fsp3) is 0.241. The van der Waals surface area contributed by atoms with Crippen molar-refractivity contribution >= 4 is 23.4 Å². The molecule has 0 saturated heterocycles. The number of aromatic nitrogens is 3. The summed E-state index contributed by atoms with van der Waals surface area (Å²) in [7, 11) is 0. The van der Waals surface area contributed by atoms with Gasteiger partial charge in [-0.05, 0) is 43.9 Å². The molecule has 0 saturated carbocycles. The number of nitrogens with zero attached hydrogens (tertiary/aromatic N) is 3. The molecular weight excluding hydrogens is 452 g/mol. The summed E-state index contributed by atoms with van der Waals surface area (Å²) in [4.78, 5) is 17.4. The summed E-state index contributed by atoms with van der Waals surface area (Å²) in [5.74, 6) is 0.603. The number of aryl methyl sites for hydroxylation is 2. The van der Waals surface area contributed by atoms with E-state index in [9.17, 15) is 4.79 Å². The molecule has 178 valence electrons. The van der Waals surface area contributed by atoms with E-state index in [2.05, 4.69) is 79.6 Å². The van der Waals surface area contributed by atoms with Gasteiger partial charge in [-0.3, -0.25) is 4.79 Å². The van der Waals surface area contributed by atoms with Crippen LogP contribution in [0.4, 0.5) is 5.69 Å². The zero-order valence-electron chi connectivity index (χ0n) is 20.6. The van der Waals surface area contributed by atoms with Gasteiger partial charge in [0.25, 0.3) is 0 Å². The van der Waals surface area contributed by atoms with Crippen molar-refractivity contribution in [3.8, 4) is 22.5 Å². The van der Waals surface area contributed by atoms with E-state index in [1.54, 1.807) is 0 Å². The normalized spacial score (nSPS) is 11.8. The number of anilines is 1. The molecule has 0 fully saturated rings. The average Bonchev–Trinajstić information content (AvgIpc) is 2.88. The van der Waals surface area contributed by atoms with Crippen molar-refractivity contribution in [1.29, 1.82) is 0 Å². The number of amides is 1. The summed E-state index contributed by atoms with van der Waals surface area (Å²) in [6.45, 7) is 8.49. The molecule has 0 spiro atoms. The lowest BCUT2D eigenvalue weighted by Gasteiger charge is -2.11. The fourth-order valence-electron chi connectivity index (χ4n) is 3.65. The number of hydrogen-bond donors (Lipinski definition) is 1. The Morgan fingerprint density at radius 2 is 1.40 bits per heavy atom. The van der Waals surface area contributed by atoms with Gasteiger partial charge in [0, 0.05) is 16.8 Å². The highest BCUT2D eigenvalue weighted by molar-refractivity contribution is 7.99. The molecule has 0 radical (unpaired) electrons. The van der Waals surface area contributed by atoms with E-state index in [0.717, 1.165) is 34.6 Å². The van der Waals surface area contributed by atoms with Crippen LogP contribution in [0.15, 0.2) is 78.0 Å². The molecule has 1 atom stereocenters. The summed E-state index contributed by atoms with van der Waals surface area (Å²) in [5, 5.41) is 12.3. The van der Waals surface area contributed by atoms with Crippen molar-refractivity contribution in [1.82, 2.24) is 15.2 Å². The molecule has 1 N–H and O–H groups in total. The van der Waals surface area contributed by atoms with Crippen LogP contribution in [0.1, 0.15) is 42.9 Å². The minimum atomic E-state index is -0.102. The molecule has 35 heavy (non-hydrogen) atoms. The standard InChI is InChI=1S/C29H30N4OS/c1-5-21(4)22-14-16-25(17-15-22)30-26(34)18-35-29-31-27(23-10-6-19(2)7-11-23)28(32-33-29)24-12-8-20(3)9-13-24/h6-17,21H,5,18H2,1-4H3,(H,30,34). The van der Waals surface area contributed by atoms with Crippen LogP contribution < -0.4 is 5.32 Å². The third-order valence-electron chi connectivity index (χ3n) is 6.03. The second-order valence-electron chi connectivity index (χ2n) is 8.79. The Kier molecular flexibility index (Phi) is 7.93. The smallest absolute Gasteiger partial charge is 0.234 e. The molecular formula is C29H30N4OS. The molecule has 6 heteroatoms. The number of carbonyl (C=O) groups excluding carboxylic acids is 1. The number of hydrogen-bond acceptors (Lipinski definition) is 5. The van der Waals surface area contributed by atoms with Crippen molar-refractivity contribution in [2.75, 3.05) is 11.1 Å². The zero-order valence-corrected chi connectivity index (χ0v) is 21.4. The van der Waals surface area contributed by atoms with Gasteiger partial charge >= 0.3 is 0 Å². The summed E-state index contributed by atoms with van der Waals surface area (Å²) in [5.41, 5.74) is 7.83. The van der Waals surface area contributed by atoms with Gasteiger partial charge in [0.2, 0.25) is 11.1 Å². The van der Waals surface area contributed by atoms with Gasteiger partial charge < -0.3 is 5.32 Å². The Balaban J connectivity index is 1.50. The van der Waals surface area contributed by atoms with E-state index in [0.29, 0.717) is 11.1 Å². The van der Waals surface area contributed by atoms with Crippen molar-refractivity contribution in [2.24, 2.45) is 0 Å². The van der Waals surface area contributed by atoms with Crippen LogP contribution in [-0.4, -0.2) is 26.8 Å². The van der Waals surface area contributed by atoms with Crippen LogP contribution in [-0.2, 0) is 4.79 Å². The Hall–Kier alpha value is -3.51. The van der Waals surface area contributed by atoms with Crippen LogP contribution in [0, 0.1) is 13.8 Å². The first kappa shape index (κ1) is 24.6. The molecule has 0 aliphatic heterocycles. The predicted molar refractivity (Wildman–Crippen MR) is 145 cm³/mol. The first-order valence-electron chi connectivity index (χ1n) is 11.8. The molecule has 3 aromatic carbocycles. The summed E-state index contributed by atoms with van der Waals surface area (Å²) in [6, 6.07) is 24.4. The second-order valence-corrected chi connectivity index (χ2v) is 9.73. The quantitative estimate of drug-likeness (QED) is 0.272. The lowest BCUT2D eigenvalue weighted by molar-refractivity contribution is -0.113. The fourth-order valence-corrected chi connectivity index (χ4v) is 4.24. The minimum absolute atomic E-state index is 0.102. The van der Waals surface area contributed by atoms with Gasteiger partial charge in [-0.1, -0.05) is 97.4 Å². The lowest BCUT2D eigenvalue weighted by atomic mass is 9.99. The maximum Gasteiger partial charge on any atom is 0.234 e. The third kappa shape index (κ3) is 6.34. The maximum atomic E-state index is 12.6. The van der Waals surface area contributed by atoms with Gasteiger partial charge in [-0.2, -0.15) is 0 Å². The minimum Gasteiger partial charge on any atom is -0.325 e. The van der Waals surface area contributed by atoms with Crippen molar-refractivity contribution in [2.45, 2.75) is 45.2 Å². The second kappa shape index (κ2) is 11.3. The highest BCUT2D eigenvalue weighted by Crippen LogP contribution is 2.30. The van der Waals surface area contributed by atoms with Crippen LogP contribution in [0.3, 0.4) is 0 Å². The number of rotatable bonds is 8. The highest BCUT2D eigenvalue weighted by Gasteiger charge is 2.15. The van der Waals surface area contributed by atoms with Crippen LogP contribution in [0.25, 0.3) is 22.5 Å². The molecule has 1 heterocycles. The number of nitrogens with one attached hydrogen (secondary N) is 1. The molecule has 0 aliphatic carbocycles. The summed E-state index contributed by atoms with van der Waals surface area (Å²) in [6.07, 6.45) is 1.09. The molecule has 0 aliphatic rings. The summed E-state index contributed by atoms with van der Waals surface area (Å²) >= 11 is 1.28. The topological polar surface area (TPSA) is 67.8 Å². The van der Waals surface area contributed by atoms with Gasteiger partial charge in [0.15, 0.2) is 0 Å². The van der Waals surface area contributed by atoms with E-state index in [1.807, 2.05) is 36.4 Å². The largest absolute Gasteiger partial charge is 0.325 e. The number of carbonyl (C=O) groups is 1. The first-order chi connectivity index (χ1) is 16.9. The average molecular weight is 483 g/mol. The van der Waals surface area contributed by atoms with Gasteiger partial charge in [0.1, 0.15) is 11.4 Å². The Bertz CT molecular complexity index is 1290. The predicted octanol–water partition coefficient (Wildman–Crippen LogP) is 7.07. The molecule has 1 amide bonds. The Labute approximate surface area is 211 Å². The zero-order chi connectivity index (χ0) is 24.8. The highest BCUT2D eigenvalue weighted by atomic mass is 32.2. The summed E-state index contributed by atoms with van der Waals surface area (Å²) < 4.78 is 0. The van der Waals surface area contributed by atoms with Crippen LogP contribution in [0.2, 0.25) is 0 Å². The van der Waals surface area contributed by atoms with E-state index >= 15 is 0 Å². The SMILES string of the molecule is CCC(C)c1ccc(NC(=O)CSc2nnc(-c3ccc(C)cc3)c(-c3ccc(C)cc3)n2)cc1. The molecule has 5 nitrogen and oxygen atoms in total. The molecule has 1 aromatic heterocycles. The van der Waals surface area contributed by atoms with Crippen molar-refractivity contribution < 1.29 is 4.79 Å². The van der Waals surface area contributed by atoms with E-state index in [4.69, 9.17) is 4.98 Å². The van der Waals surface area contributed by atoms with Crippen molar-refractivity contribution in [3.05, 3.63) is 89.5 Å².